The molecule has 0 aliphatic carbocycles. The molecular formula is C26H24F3N5O4. The summed E-state index contributed by atoms with van der Waals surface area (Å²) in [6, 6.07) is 17.4. The van der Waals surface area contributed by atoms with E-state index in [1.807, 2.05) is 64.1 Å². The molecule has 38 heavy (non-hydrogen) atoms. The zero-order valence-electron chi connectivity index (χ0n) is 20.3. The first kappa shape index (κ1) is 26.6. The molecule has 4 aromatic rings. The maximum atomic E-state index is 12.8. The van der Waals surface area contributed by atoms with Crippen molar-refractivity contribution in [3.8, 4) is 16.9 Å². The van der Waals surface area contributed by atoms with Gasteiger partial charge in [-0.25, -0.2) is 14.3 Å². The number of nitrogens with zero attached hydrogens (tertiary/aromatic N) is 5. The summed E-state index contributed by atoms with van der Waals surface area (Å²) in [5.41, 5.74) is 3.38. The van der Waals surface area contributed by atoms with E-state index in [-0.39, 0.29) is 11.8 Å². The zero-order valence-corrected chi connectivity index (χ0v) is 20.3. The predicted molar refractivity (Wildman–Crippen MR) is 131 cm³/mol. The van der Waals surface area contributed by atoms with Crippen LogP contribution >= 0.6 is 0 Å². The van der Waals surface area contributed by atoms with Crippen LogP contribution in [0.5, 0.6) is 5.75 Å². The second-order valence-electron chi connectivity index (χ2n) is 8.53. The van der Waals surface area contributed by atoms with Crippen LogP contribution in [-0.4, -0.2) is 67.8 Å². The number of aliphatic carboxylic acids is 1. The minimum absolute atomic E-state index is 0.0330. The number of benzene rings is 1. The van der Waals surface area contributed by atoms with Gasteiger partial charge in [-0.2, -0.15) is 18.3 Å². The lowest BCUT2D eigenvalue weighted by molar-refractivity contribution is -0.192. The maximum Gasteiger partial charge on any atom is 0.490 e. The SMILES string of the molecule is COc1cccc(-c2ccc3nc(C4CCCN(C(=O)c5ccccn5)C4)nn3c2)c1.O=C(O)C(F)(F)F. The molecule has 3 aromatic heterocycles. The minimum Gasteiger partial charge on any atom is -0.497 e. The van der Waals surface area contributed by atoms with Crippen LogP contribution in [0.25, 0.3) is 16.8 Å². The van der Waals surface area contributed by atoms with Crippen molar-refractivity contribution in [3.63, 3.8) is 0 Å². The lowest BCUT2D eigenvalue weighted by Gasteiger charge is -2.31. The van der Waals surface area contributed by atoms with Crippen LogP contribution in [0.1, 0.15) is 35.1 Å². The number of hydrogen-bond acceptors (Lipinski definition) is 6. The van der Waals surface area contributed by atoms with Crippen molar-refractivity contribution in [1.29, 1.82) is 0 Å². The number of carboxylic acid groups (broad SMARTS) is 1. The monoisotopic (exact) mass is 527 g/mol. The molecule has 1 N–H and O–H groups in total. The Morgan fingerprint density at radius 3 is 2.55 bits per heavy atom. The number of carbonyl (C=O) groups excluding carboxylic acids is 1. The third-order valence-electron chi connectivity index (χ3n) is 5.95. The fraction of sp³-hybridized carbons (Fsp3) is 0.269. The van der Waals surface area contributed by atoms with Crippen molar-refractivity contribution in [2.75, 3.05) is 20.2 Å². The van der Waals surface area contributed by atoms with Gasteiger partial charge in [0.2, 0.25) is 0 Å². The van der Waals surface area contributed by atoms with Crippen molar-refractivity contribution in [1.82, 2.24) is 24.5 Å². The van der Waals surface area contributed by atoms with E-state index in [2.05, 4.69) is 4.98 Å². The van der Waals surface area contributed by atoms with Crippen molar-refractivity contribution in [2.45, 2.75) is 24.9 Å². The van der Waals surface area contributed by atoms with Crippen LogP contribution in [0.3, 0.4) is 0 Å². The number of halogens is 3. The van der Waals surface area contributed by atoms with E-state index in [9.17, 15) is 18.0 Å². The summed E-state index contributed by atoms with van der Waals surface area (Å²) in [5, 5.41) is 11.9. The number of aromatic nitrogens is 4. The summed E-state index contributed by atoms with van der Waals surface area (Å²) in [4.78, 5) is 32.5. The van der Waals surface area contributed by atoms with Gasteiger partial charge in [0.05, 0.1) is 7.11 Å². The Labute approximate surface area is 215 Å². The molecule has 12 heteroatoms. The minimum atomic E-state index is -5.08. The van der Waals surface area contributed by atoms with Gasteiger partial charge in [0, 0.05) is 37.0 Å². The Balaban J connectivity index is 0.000000426. The molecule has 1 aliphatic heterocycles. The number of fused-ring (bicyclic) bond motifs is 1. The smallest absolute Gasteiger partial charge is 0.490 e. The first-order valence-corrected chi connectivity index (χ1v) is 11.7. The summed E-state index contributed by atoms with van der Waals surface area (Å²) in [7, 11) is 1.66. The lowest BCUT2D eigenvalue weighted by Crippen LogP contribution is -2.39. The van der Waals surface area contributed by atoms with Crippen molar-refractivity contribution < 1.29 is 32.6 Å². The van der Waals surface area contributed by atoms with Gasteiger partial charge in [-0.05, 0) is 54.8 Å². The second-order valence-corrected chi connectivity index (χ2v) is 8.53. The molecule has 1 atom stereocenters. The van der Waals surface area contributed by atoms with Gasteiger partial charge in [-0.3, -0.25) is 9.78 Å². The first-order chi connectivity index (χ1) is 18.2. The van der Waals surface area contributed by atoms with Crippen molar-refractivity contribution >= 4 is 17.5 Å². The highest BCUT2D eigenvalue weighted by molar-refractivity contribution is 5.92. The molecule has 1 aromatic carbocycles. The normalized spacial score (nSPS) is 15.5. The lowest BCUT2D eigenvalue weighted by atomic mass is 9.97. The number of carboxylic acids is 1. The van der Waals surface area contributed by atoms with Gasteiger partial charge in [0.25, 0.3) is 5.91 Å². The summed E-state index contributed by atoms with van der Waals surface area (Å²) in [5.74, 6) is -1.08. The first-order valence-electron chi connectivity index (χ1n) is 11.7. The summed E-state index contributed by atoms with van der Waals surface area (Å²) < 4.78 is 38.9. The highest BCUT2D eigenvalue weighted by atomic mass is 19.4. The Morgan fingerprint density at radius 2 is 1.87 bits per heavy atom. The number of alkyl halides is 3. The van der Waals surface area contributed by atoms with Gasteiger partial charge in [0.15, 0.2) is 11.5 Å². The largest absolute Gasteiger partial charge is 0.497 e. The molecule has 0 saturated carbocycles. The Morgan fingerprint density at radius 1 is 1.08 bits per heavy atom. The van der Waals surface area contributed by atoms with E-state index < -0.39 is 12.1 Å². The Bertz CT molecular complexity index is 1430. The van der Waals surface area contributed by atoms with E-state index in [0.717, 1.165) is 47.7 Å². The number of methoxy groups -OCH3 is 1. The van der Waals surface area contributed by atoms with E-state index in [4.69, 9.17) is 24.7 Å². The Hall–Kier alpha value is -4.48. The zero-order chi connectivity index (χ0) is 27.3. The van der Waals surface area contributed by atoms with Crippen LogP contribution in [-0.2, 0) is 4.79 Å². The molecule has 9 nitrogen and oxygen atoms in total. The standard InChI is InChI=1S/C24H23N5O2.C2HF3O2/c1-31-20-8-4-6-17(14-20)18-10-11-22-26-23(27-29(22)16-18)19-7-5-13-28(15-19)24(30)21-9-2-3-12-25-21;3-2(4,5)1(6)7/h2-4,6,8-12,14,16,19H,5,7,13,15H2,1H3;(H,6,7). The topological polar surface area (TPSA) is 110 Å². The fourth-order valence-corrected chi connectivity index (χ4v) is 4.07. The number of piperidine rings is 1. The van der Waals surface area contributed by atoms with Gasteiger partial charge in [-0.15, -0.1) is 0 Å². The number of ether oxygens (including phenoxy) is 1. The average molecular weight is 528 g/mol. The maximum absolute atomic E-state index is 12.8. The van der Waals surface area contributed by atoms with Crippen LogP contribution in [0.15, 0.2) is 67.0 Å². The van der Waals surface area contributed by atoms with Crippen LogP contribution in [0, 0.1) is 0 Å². The number of pyridine rings is 2. The quantitative estimate of drug-likeness (QED) is 0.418. The number of carbonyl (C=O) groups is 2. The molecule has 4 heterocycles. The summed E-state index contributed by atoms with van der Waals surface area (Å²) >= 11 is 0. The number of amides is 1. The molecule has 5 rings (SSSR count). The van der Waals surface area contributed by atoms with Gasteiger partial charge in [0.1, 0.15) is 11.4 Å². The molecule has 1 amide bonds. The van der Waals surface area contributed by atoms with Crippen LogP contribution in [0.2, 0.25) is 0 Å². The van der Waals surface area contributed by atoms with E-state index in [1.54, 1.807) is 19.4 Å². The highest BCUT2D eigenvalue weighted by Crippen LogP contribution is 2.28. The van der Waals surface area contributed by atoms with E-state index >= 15 is 0 Å². The van der Waals surface area contributed by atoms with Crippen LogP contribution in [0.4, 0.5) is 13.2 Å². The molecule has 198 valence electrons. The Kier molecular flexibility index (Phi) is 7.89. The van der Waals surface area contributed by atoms with E-state index in [0.29, 0.717) is 12.2 Å². The summed E-state index contributed by atoms with van der Waals surface area (Å²) in [6.07, 6.45) is 0.442. The van der Waals surface area contributed by atoms with Gasteiger partial charge < -0.3 is 14.7 Å². The fourth-order valence-electron chi connectivity index (χ4n) is 4.07. The molecule has 0 radical (unpaired) electrons. The average Bonchev–Trinajstić information content (AvgIpc) is 3.37. The number of rotatable bonds is 4. The highest BCUT2D eigenvalue weighted by Gasteiger charge is 2.38. The summed E-state index contributed by atoms with van der Waals surface area (Å²) in [6.45, 7) is 1.34. The van der Waals surface area contributed by atoms with Gasteiger partial charge in [-0.1, -0.05) is 18.2 Å². The van der Waals surface area contributed by atoms with Crippen molar-refractivity contribution in [3.05, 3.63) is 78.5 Å². The molecule has 1 unspecified atom stereocenters. The van der Waals surface area contributed by atoms with Crippen molar-refractivity contribution in [2.24, 2.45) is 0 Å². The van der Waals surface area contributed by atoms with Crippen LogP contribution < -0.4 is 4.74 Å². The number of likely N-dealkylation sites (tertiary alicyclic amines) is 1. The molecule has 1 aliphatic rings. The number of hydrogen-bond donors (Lipinski definition) is 1. The molecular weight excluding hydrogens is 503 g/mol. The predicted octanol–water partition coefficient (Wildman–Crippen LogP) is 4.45. The third kappa shape index (κ3) is 6.25. The molecule has 1 fully saturated rings. The molecule has 0 bridgehead atoms. The molecule has 0 spiro atoms. The van der Waals surface area contributed by atoms with E-state index in [1.165, 1.54) is 0 Å². The third-order valence-corrected chi connectivity index (χ3v) is 5.95. The molecule has 1 saturated heterocycles. The van der Waals surface area contributed by atoms with Gasteiger partial charge >= 0.3 is 12.1 Å². The second kappa shape index (κ2) is 11.3.